The van der Waals surface area contributed by atoms with Gasteiger partial charge in [-0.25, -0.2) is 4.39 Å². The van der Waals surface area contributed by atoms with Crippen molar-refractivity contribution in [1.29, 1.82) is 0 Å². The summed E-state index contributed by atoms with van der Waals surface area (Å²) in [6.07, 6.45) is 1.17. The Morgan fingerprint density at radius 3 is 2.75 bits per heavy atom. The number of carbonyl (C=O) groups is 1. The zero-order valence-corrected chi connectivity index (χ0v) is 12.8. The molecule has 1 amide bonds. The van der Waals surface area contributed by atoms with E-state index in [1.54, 1.807) is 19.1 Å². The van der Waals surface area contributed by atoms with Crippen LogP contribution in [0.5, 0.6) is 5.75 Å². The number of nitrogens with one attached hydrogen (secondary N) is 2. The van der Waals surface area contributed by atoms with Crippen molar-refractivity contribution in [1.82, 2.24) is 10.6 Å². The molecule has 1 atom stereocenters. The van der Waals surface area contributed by atoms with Gasteiger partial charge in [0.15, 0.2) is 0 Å². The SMILES string of the molecule is CNCCCC(=O)NC(C)c1c(F)cccc1OC.Cl. The molecule has 0 aliphatic rings. The van der Waals surface area contributed by atoms with Crippen LogP contribution in [0.2, 0.25) is 0 Å². The number of ether oxygens (including phenoxy) is 1. The van der Waals surface area contributed by atoms with Gasteiger partial charge in [-0.05, 0) is 39.1 Å². The van der Waals surface area contributed by atoms with E-state index in [9.17, 15) is 9.18 Å². The van der Waals surface area contributed by atoms with Crippen LogP contribution in [-0.4, -0.2) is 26.6 Å². The van der Waals surface area contributed by atoms with Crippen molar-refractivity contribution in [2.75, 3.05) is 20.7 Å². The Balaban J connectivity index is 0.00000361. The molecular weight excluding hydrogens is 283 g/mol. The van der Waals surface area contributed by atoms with Crippen molar-refractivity contribution in [2.24, 2.45) is 0 Å². The normalized spacial score (nSPS) is 11.4. The quantitative estimate of drug-likeness (QED) is 0.761. The maximum Gasteiger partial charge on any atom is 0.220 e. The third-order valence-corrected chi connectivity index (χ3v) is 2.87. The van der Waals surface area contributed by atoms with Gasteiger partial charge in [0, 0.05) is 6.42 Å². The first-order valence-corrected chi connectivity index (χ1v) is 6.36. The second kappa shape index (κ2) is 9.55. The summed E-state index contributed by atoms with van der Waals surface area (Å²) in [7, 11) is 3.32. The number of amides is 1. The summed E-state index contributed by atoms with van der Waals surface area (Å²) >= 11 is 0. The molecule has 1 aromatic carbocycles. The Morgan fingerprint density at radius 2 is 2.15 bits per heavy atom. The second-order valence-electron chi connectivity index (χ2n) is 4.35. The molecule has 0 heterocycles. The molecule has 0 aliphatic heterocycles. The Labute approximate surface area is 125 Å². The second-order valence-corrected chi connectivity index (χ2v) is 4.35. The van der Waals surface area contributed by atoms with Crippen molar-refractivity contribution < 1.29 is 13.9 Å². The average Bonchev–Trinajstić information content (AvgIpc) is 2.38. The molecule has 0 radical (unpaired) electrons. The molecule has 20 heavy (non-hydrogen) atoms. The fourth-order valence-electron chi connectivity index (χ4n) is 1.93. The molecule has 1 unspecified atom stereocenters. The minimum Gasteiger partial charge on any atom is -0.496 e. The first-order valence-electron chi connectivity index (χ1n) is 6.36. The maximum atomic E-state index is 13.8. The minimum absolute atomic E-state index is 0. The van der Waals surface area contributed by atoms with Gasteiger partial charge in [-0.3, -0.25) is 4.79 Å². The topological polar surface area (TPSA) is 50.4 Å². The van der Waals surface area contributed by atoms with Crippen molar-refractivity contribution >= 4 is 18.3 Å². The van der Waals surface area contributed by atoms with Crippen molar-refractivity contribution in [3.05, 3.63) is 29.6 Å². The Kier molecular flexibility index (Phi) is 8.92. The first kappa shape index (κ1) is 18.7. The molecule has 0 aliphatic carbocycles. The highest BCUT2D eigenvalue weighted by molar-refractivity contribution is 5.85. The van der Waals surface area contributed by atoms with Gasteiger partial charge >= 0.3 is 0 Å². The molecule has 2 N–H and O–H groups in total. The van der Waals surface area contributed by atoms with Crippen LogP contribution in [0.15, 0.2) is 18.2 Å². The van der Waals surface area contributed by atoms with Crippen LogP contribution >= 0.6 is 12.4 Å². The number of benzene rings is 1. The van der Waals surface area contributed by atoms with Gasteiger partial charge in [0.25, 0.3) is 0 Å². The molecule has 0 spiro atoms. The summed E-state index contributed by atoms with van der Waals surface area (Å²) in [6, 6.07) is 4.21. The van der Waals surface area contributed by atoms with Gasteiger partial charge in [-0.15, -0.1) is 12.4 Å². The summed E-state index contributed by atoms with van der Waals surface area (Å²) in [6.45, 7) is 2.53. The summed E-state index contributed by atoms with van der Waals surface area (Å²) in [5.41, 5.74) is 0.381. The third-order valence-electron chi connectivity index (χ3n) is 2.87. The monoisotopic (exact) mass is 304 g/mol. The van der Waals surface area contributed by atoms with Gasteiger partial charge < -0.3 is 15.4 Å². The average molecular weight is 305 g/mol. The highest BCUT2D eigenvalue weighted by atomic mass is 35.5. The third kappa shape index (κ3) is 5.35. The zero-order chi connectivity index (χ0) is 14.3. The molecular formula is C14H22ClFN2O2. The smallest absolute Gasteiger partial charge is 0.220 e. The summed E-state index contributed by atoms with van der Waals surface area (Å²) in [5, 5.41) is 5.76. The lowest BCUT2D eigenvalue weighted by Gasteiger charge is -2.18. The zero-order valence-electron chi connectivity index (χ0n) is 12.0. The fourth-order valence-corrected chi connectivity index (χ4v) is 1.93. The highest BCUT2D eigenvalue weighted by Gasteiger charge is 2.17. The van der Waals surface area contributed by atoms with Crippen molar-refractivity contribution in [2.45, 2.75) is 25.8 Å². The number of hydrogen-bond acceptors (Lipinski definition) is 3. The van der Waals surface area contributed by atoms with E-state index in [2.05, 4.69) is 10.6 Å². The van der Waals surface area contributed by atoms with Crippen LogP contribution in [0.1, 0.15) is 31.4 Å². The van der Waals surface area contributed by atoms with E-state index in [0.29, 0.717) is 17.7 Å². The summed E-state index contributed by atoms with van der Waals surface area (Å²) in [5.74, 6) is -0.0153. The van der Waals surface area contributed by atoms with E-state index >= 15 is 0 Å². The lowest BCUT2D eigenvalue weighted by Crippen LogP contribution is -2.28. The van der Waals surface area contributed by atoms with Gasteiger partial charge in [-0.1, -0.05) is 6.07 Å². The van der Waals surface area contributed by atoms with Gasteiger partial charge in [0.1, 0.15) is 11.6 Å². The lowest BCUT2D eigenvalue weighted by molar-refractivity contribution is -0.121. The molecule has 0 saturated heterocycles. The molecule has 4 nitrogen and oxygen atoms in total. The highest BCUT2D eigenvalue weighted by Crippen LogP contribution is 2.27. The van der Waals surface area contributed by atoms with Gasteiger partial charge in [0.2, 0.25) is 5.91 Å². The molecule has 0 aromatic heterocycles. The number of rotatable bonds is 7. The predicted molar refractivity (Wildman–Crippen MR) is 79.9 cm³/mol. The van der Waals surface area contributed by atoms with Gasteiger partial charge in [-0.2, -0.15) is 0 Å². The molecule has 0 saturated carbocycles. The fraction of sp³-hybridized carbons (Fsp3) is 0.500. The lowest BCUT2D eigenvalue weighted by atomic mass is 10.1. The van der Waals surface area contributed by atoms with Crippen molar-refractivity contribution in [3.8, 4) is 5.75 Å². The molecule has 114 valence electrons. The standard InChI is InChI=1S/C14H21FN2O2.ClH/c1-10(17-13(18)8-5-9-16-2)14-11(15)6-4-7-12(14)19-3;/h4,6-7,10,16H,5,8-9H2,1-3H3,(H,17,18);1H. The van der Waals surface area contributed by atoms with E-state index in [0.717, 1.165) is 13.0 Å². The number of carbonyl (C=O) groups excluding carboxylic acids is 1. The Bertz CT molecular complexity index is 430. The summed E-state index contributed by atoms with van der Waals surface area (Å²) < 4.78 is 18.9. The number of hydrogen-bond donors (Lipinski definition) is 2. The van der Waals surface area contributed by atoms with Crippen LogP contribution in [0.3, 0.4) is 0 Å². The molecule has 0 bridgehead atoms. The van der Waals surface area contributed by atoms with Crippen LogP contribution < -0.4 is 15.4 Å². The minimum atomic E-state index is -0.418. The Hall–Kier alpha value is -1.33. The van der Waals surface area contributed by atoms with Gasteiger partial charge in [0.05, 0.1) is 18.7 Å². The summed E-state index contributed by atoms with van der Waals surface area (Å²) in [4.78, 5) is 11.7. The van der Waals surface area contributed by atoms with E-state index < -0.39 is 6.04 Å². The van der Waals surface area contributed by atoms with Crippen LogP contribution in [0, 0.1) is 5.82 Å². The predicted octanol–water partition coefficient (Wildman–Crippen LogP) is 2.43. The van der Waals surface area contributed by atoms with Crippen LogP contribution in [-0.2, 0) is 4.79 Å². The molecule has 0 fully saturated rings. The van der Waals surface area contributed by atoms with Crippen LogP contribution in [0.4, 0.5) is 4.39 Å². The first-order chi connectivity index (χ1) is 9.10. The van der Waals surface area contributed by atoms with Crippen LogP contribution in [0.25, 0.3) is 0 Å². The molecule has 6 heteroatoms. The van der Waals surface area contributed by atoms with E-state index in [1.165, 1.54) is 13.2 Å². The number of halogens is 2. The van der Waals surface area contributed by atoms with E-state index in [-0.39, 0.29) is 24.1 Å². The van der Waals surface area contributed by atoms with E-state index in [1.807, 2.05) is 7.05 Å². The molecule has 1 aromatic rings. The van der Waals surface area contributed by atoms with Crippen molar-refractivity contribution in [3.63, 3.8) is 0 Å². The molecule has 1 rings (SSSR count). The van der Waals surface area contributed by atoms with E-state index in [4.69, 9.17) is 4.74 Å². The number of methoxy groups -OCH3 is 1. The largest absolute Gasteiger partial charge is 0.496 e. The maximum absolute atomic E-state index is 13.8. The Morgan fingerprint density at radius 1 is 1.45 bits per heavy atom.